The van der Waals surface area contributed by atoms with Crippen LogP contribution in [0.1, 0.15) is 5.69 Å². The number of carbonyl (C=O) groups is 1. The van der Waals surface area contributed by atoms with Crippen LogP contribution in [0.15, 0.2) is 6.20 Å². The maximum Gasteiger partial charge on any atom is 0.324 e. The number of H-pyrrole nitrogens is 1. The molecule has 0 bridgehead atoms. The topological polar surface area (TPSA) is 95.8 Å². The average Bonchev–Trinajstić information content (AvgIpc) is 2.69. The number of thioether (sulfide) groups is 1. The van der Waals surface area contributed by atoms with Crippen molar-refractivity contribution in [2.75, 3.05) is 24.3 Å². The molecule has 0 saturated heterocycles. The number of nitrogens with zero attached hydrogens (tertiary/aromatic N) is 1. The number of nitrogens with two attached hydrogens (primary N) is 1. The van der Waals surface area contributed by atoms with Gasteiger partial charge in [0.25, 0.3) is 0 Å². The molecule has 0 aromatic carbocycles. The zero-order chi connectivity index (χ0) is 11.8. The number of urea groups is 1. The number of carbonyl (C=O) groups excluding carboxylic acids is 1. The molecule has 0 aliphatic rings. The van der Waals surface area contributed by atoms with Crippen LogP contribution >= 0.6 is 23.7 Å². The summed E-state index contributed by atoms with van der Waals surface area (Å²) in [5, 5.41) is 2.48. The van der Waals surface area contributed by atoms with E-state index in [0.717, 1.165) is 23.0 Å². The number of nitrogen functional groups attached to an aromatic ring is 1. The molecule has 0 radical (unpaired) electrons. The van der Waals surface area contributed by atoms with Crippen LogP contribution in [-0.2, 0) is 5.75 Å². The van der Waals surface area contributed by atoms with Crippen LogP contribution in [0, 0.1) is 0 Å². The van der Waals surface area contributed by atoms with Crippen molar-refractivity contribution in [2.45, 2.75) is 5.75 Å². The molecule has 1 heterocycles. The molecule has 1 aromatic rings. The number of hydrogen-bond donors (Lipinski definition) is 4. The third-order valence-electron chi connectivity index (χ3n) is 1.63. The molecule has 90 valence electrons. The minimum absolute atomic E-state index is 0.170. The summed E-state index contributed by atoms with van der Waals surface area (Å²) in [6, 6.07) is -0.170. The molecule has 8 heteroatoms. The summed E-state index contributed by atoms with van der Waals surface area (Å²) in [6.07, 6.45) is 1.73. The number of amides is 2. The van der Waals surface area contributed by atoms with Gasteiger partial charge in [-0.15, -0.1) is 0 Å². The van der Waals surface area contributed by atoms with Crippen molar-refractivity contribution in [3.63, 3.8) is 0 Å². The SMILES string of the molecule is CNC(=O)NSCCSCc1cnc(N)[nH]1. The van der Waals surface area contributed by atoms with E-state index in [4.69, 9.17) is 5.73 Å². The molecule has 5 N–H and O–H groups in total. The Hall–Kier alpha value is -1.02. The molecule has 1 aromatic heterocycles. The van der Waals surface area contributed by atoms with Crippen molar-refractivity contribution in [1.29, 1.82) is 0 Å². The van der Waals surface area contributed by atoms with Crippen molar-refractivity contribution >= 4 is 35.7 Å². The van der Waals surface area contributed by atoms with E-state index >= 15 is 0 Å². The van der Waals surface area contributed by atoms with E-state index in [-0.39, 0.29) is 6.03 Å². The van der Waals surface area contributed by atoms with Crippen molar-refractivity contribution < 1.29 is 4.79 Å². The third-order valence-corrected chi connectivity index (χ3v) is 3.63. The second-order valence-electron chi connectivity index (χ2n) is 2.88. The Labute approximate surface area is 103 Å². The van der Waals surface area contributed by atoms with Gasteiger partial charge in [0.05, 0.1) is 6.20 Å². The lowest BCUT2D eigenvalue weighted by Gasteiger charge is -2.02. The lowest BCUT2D eigenvalue weighted by molar-refractivity contribution is 0.248. The lowest BCUT2D eigenvalue weighted by Crippen LogP contribution is -2.27. The highest BCUT2D eigenvalue weighted by molar-refractivity contribution is 8.01. The lowest BCUT2D eigenvalue weighted by atomic mass is 10.6. The fourth-order valence-electron chi connectivity index (χ4n) is 0.900. The maximum absolute atomic E-state index is 10.8. The van der Waals surface area contributed by atoms with Gasteiger partial charge in [-0.25, -0.2) is 9.78 Å². The van der Waals surface area contributed by atoms with Crippen molar-refractivity contribution in [1.82, 2.24) is 20.0 Å². The molecule has 0 aliphatic carbocycles. The van der Waals surface area contributed by atoms with Gasteiger partial charge in [-0.3, -0.25) is 4.72 Å². The molecular weight excluding hydrogens is 246 g/mol. The largest absolute Gasteiger partial charge is 0.369 e. The zero-order valence-corrected chi connectivity index (χ0v) is 10.6. The Morgan fingerprint density at radius 1 is 1.62 bits per heavy atom. The normalized spacial score (nSPS) is 10.1. The van der Waals surface area contributed by atoms with Gasteiger partial charge in [0.2, 0.25) is 0 Å². The number of rotatable bonds is 6. The Kier molecular flexibility index (Phi) is 5.94. The third kappa shape index (κ3) is 5.17. The van der Waals surface area contributed by atoms with Crippen LogP contribution < -0.4 is 15.8 Å². The first-order chi connectivity index (χ1) is 7.72. The number of nitrogens with one attached hydrogen (secondary N) is 3. The molecule has 0 spiro atoms. The summed E-state index contributed by atoms with van der Waals surface area (Å²) in [6.45, 7) is 0. The Bertz CT molecular complexity index is 330. The number of aromatic nitrogens is 2. The molecule has 16 heavy (non-hydrogen) atoms. The van der Waals surface area contributed by atoms with Gasteiger partial charge < -0.3 is 16.0 Å². The van der Waals surface area contributed by atoms with E-state index in [1.54, 1.807) is 25.0 Å². The highest BCUT2D eigenvalue weighted by Crippen LogP contribution is 2.12. The van der Waals surface area contributed by atoms with Gasteiger partial charge in [-0.2, -0.15) is 11.8 Å². The van der Waals surface area contributed by atoms with Crippen LogP contribution in [0.3, 0.4) is 0 Å². The van der Waals surface area contributed by atoms with Crippen LogP contribution in [0.25, 0.3) is 0 Å². The van der Waals surface area contributed by atoms with Crippen molar-refractivity contribution in [3.8, 4) is 0 Å². The van der Waals surface area contributed by atoms with Gasteiger partial charge in [-0.05, 0) is 11.9 Å². The van der Waals surface area contributed by atoms with Crippen LogP contribution in [0.2, 0.25) is 0 Å². The maximum atomic E-state index is 10.8. The van der Waals surface area contributed by atoms with E-state index in [1.165, 1.54) is 11.9 Å². The number of aromatic amines is 1. The van der Waals surface area contributed by atoms with E-state index in [2.05, 4.69) is 20.0 Å². The minimum atomic E-state index is -0.170. The van der Waals surface area contributed by atoms with E-state index in [1.807, 2.05) is 0 Å². The predicted octanol–water partition coefficient (Wildman–Crippen LogP) is 0.802. The molecule has 0 saturated carbocycles. The zero-order valence-electron chi connectivity index (χ0n) is 8.95. The first-order valence-electron chi connectivity index (χ1n) is 4.69. The molecule has 2 amide bonds. The molecule has 0 atom stereocenters. The first kappa shape index (κ1) is 13.0. The van der Waals surface area contributed by atoms with Gasteiger partial charge in [0, 0.05) is 30.0 Å². The minimum Gasteiger partial charge on any atom is -0.369 e. The summed E-state index contributed by atoms with van der Waals surface area (Å²) in [5.41, 5.74) is 6.46. The Morgan fingerprint density at radius 3 is 3.06 bits per heavy atom. The summed E-state index contributed by atoms with van der Waals surface area (Å²) < 4.78 is 2.65. The molecular formula is C8H15N5OS2. The van der Waals surface area contributed by atoms with Gasteiger partial charge in [0.1, 0.15) is 0 Å². The second-order valence-corrected chi connectivity index (χ2v) is 4.88. The van der Waals surface area contributed by atoms with Crippen LogP contribution in [0.4, 0.5) is 10.7 Å². The Balaban J connectivity index is 1.98. The van der Waals surface area contributed by atoms with Gasteiger partial charge >= 0.3 is 6.03 Å². The molecule has 0 fully saturated rings. The monoisotopic (exact) mass is 261 g/mol. The predicted molar refractivity (Wildman–Crippen MR) is 69.2 cm³/mol. The summed E-state index contributed by atoms with van der Waals surface area (Å²) >= 11 is 3.15. The first-order valence-corrected chi connectivity index (χ1v) is 6.83. The van der Waals surface area contributed by atoms with Crippen molar-refractivity contribution in [2.24, 2.45) is 0 Å². The van der Waals surface area contributed by atoms with E-state index < -0.39 is 0 Å². The highest BCUT2D eigenvalue weighted by Gasteiger charge is 1.98. The smallest absolute Gasteiger partial charge is 0.324 e. The fourth-order valence-corrected chi connectivity index (χ4v) is 2.55. The fraction of sp³-hybridized carbons (Fsp3) is 0.500. The molecule has 0 aliphatic heterocycles. The number of anilines is 1. The summed E-state index contributed by atoms with van der Waals surface area (Å²) in [4.78, 5) is 17.6. The number of hydrogen-bond acceptors (Lipinski definition) is 5. The number of imidazole rings is 1. The second kappa shape index (κ2) is 7.29. The average molecular weight is 261 g/mol. The van der Waals surface area contributed by atoms with E-state index in [0.29, 0.717) is 5.95 Å². The summed E-state index contributed by atoms with van der Waals surface area (Å²) in [5.74, 6) is 3.12. The highest BCUT2D eigenvalue weighted by atomic mass is 32.2. The standard InChI is InChI=1S/C8H15N5OS2/c1-10-8(14)13-16-3-2-15-5-6-4-11-7(9)12-6/h4H,2-3,5H2,1H3,(H3,9,11,12)(H2,10,13,14). The summed E-state index contributed by atoms with van der Waals surface area (Å²) in [7, 11) is 1.59. The van der Waals surface area contributed by atoms with Crippen molar-refractivity contribution in [3.05, 3.63) is 11.9 Å². The van der Waals surface area contributed by atoms with Gasteiger partial charge in [-0.1, -0.05) is 0 Å². The molecule has 1 rings (SSSR count). The molecule has 0 unspecified atom stereocenters. The van der Waals surface area contributed by atoms with E-state index in [9.17, 15) is 4.79 Å². The van der Waals surface area contributed by atoms with Crippen LogP contribution in [0.5, 0.6) is 0 Å². The molecule has 6 nitrogen and oxygen atoms in total. The Morgan fingerprint density at radius 2 is 2.44 bits per heavy atom. The van der Waals surface area contributed by atoms with Crippen LogP contribution in [-0.4, -0.2) is 34.6 Å². The van der Waals surface area contributed by atoms with Gasteiger partial charge in [0.15, 0.2) is 5.95 Å². The quantitative estimate of drug-likeness (QED) is 0.449.